The zero-order chi connectivity index (χ0) is 8.97. The van der Waals surface area contributed by atoms with Gasteiger partial charge in [0.05, 0.1) is 4.47 Å². The van der Waals surface area contributed by atoms with Gasteiger partial charge in [0.25, 0.3) is 0 Å². The van der Waals surface area contributed by atoms with Crippen molar-refractivity contribution in [3.63, 3.8) is 0 Å². The number of carbonyl (C=O) groups excluding carboxylic acids is 1. The van der Waals surface area contributed by atoms with E-state index in [1.54, 1.807) is 18.2 Å². The van der Waals surface area contributed by atoms with E-state index in [0.29, 0.717) is 5.75 Å². The summed E-state index contributed by atoms with van der Waals surface area (Å²) in [5.41, 5.74) is 0. The molecule has 0 heterocycles. The normalized spacial score (nSPS) is 9.08. The molecule has 3 heteroatoms. The summed E-state index contributed by atoms with van der Waals surface area (Å²) in [6, 6.07) is 7.13. The summed E-state index contributed by atoms with van der Waals surface area (Å²) in [7, 11) is 0. The fourth-order valence-corrected chi connectivity index (χ4v) is 1.04. The molecular weight excluding hydrogens is 220 g/mol. The van der Waals surface area contributed by atoms with Crippen LogP contribution in [0.5, 0.6) is 5.75 Å². The Bertz CT molecular complexity index is 307. The average Bonchev–Trinajstić information content (AvgIpc) is 2.09. The predicted molar refractivity (Wildman–Crippen MR) is 50.0 cm³/mol. The molecule has 0 saturated carbocycles. The number of carbonyl (C=O) groups is 1. The van der Waals surface area contributed by atoms with Crippen molar-refractivity contribution in [2.24, 2.45) is 0 Å². The molecule has 1 aromatic carbocycles. The molecule has 0 saturated heterocycles. The predicted octanol–water partition coefficient (Wildman–Crippen LogP) is 2.54. The lowest BCUT2D eigenvalue weighted by Gasteiger charge is -2.01. The van der Waals surface area contributed by atoms with E-state index in [0.717, 1.165) is 10.5 Å². The summed E-state index contributed by atoms with van der Waals surface area (Å²) < 4.78 is 5.64. The fraction of sp³-hybridized carbons (Fsp3) is 0. The van der Waals surface area contributed by atoms with Crippen molar-refractivity contribution >= 4 is 21.9 Å². The maximum Gasteiger partial charge on any atom is 0.335 e. The van der Waals surface area contributed by atoms with Gasteiger partial charge in [-0.1, -0.05) is 18.7 Å². The highest BCUT2D eigenvalue weighted by Gasteiger charge is 2.02. The van der Waals surface area contributed by atoms with Crippen molar-refractivity contribution in [2.45, 2.75) is 0 Å². The van der Waals surface area contributed by atoms with Gasteiger partial charge in [0.15, 0.2) is 0 Å². The zero-order valence-corrected chi connectivity index (χ0v) is 7.87. The Morgan fingerprint density at radius 1 is 1.50 bits per heavy atom. The Kier molecular flexibility index (Phi) is 3.05. The number of rotatable bonds is 2. The van der Waals surface area contributed by atoms with E-state index in [4.69, 9.17) is 4.74 Å². The number of benzene rings is 1. The van der Waals surface area contributed by atoms with Gasteiger partial charge in [-0.05, 0) is 28.1 Å². The number of para-hydroxylation sites is 1. The minimum absolute atomic E-state index is 0.457. The molecule has 0 N–H and O–H groups in total. The number of esters is 1. The Labute approximate surface area is 79.0 Å². The van der Waals surface area contributed by atoms with Gasteiger partial charge in [-0.15, -0.1) is 0 Å². The van der Waals surface area contributed by atoms with Crippen LogP contribution in [0.25, 0.3) is 0 Å². The Morgan fingerprint density at radius 2 is 2.17 bits per heavy atom. The van der Waals surface area contributed by atoms with Crippen LogP contribution in [-0.4, -0.2) is 5.97 Å². The van der Waals surface area contributed by atoms with Gasteiger partial charge >= 0.3 is 5.97 Å². The molecule has 0 spiro atoms. The van der Waals surface area contributed by atoms with Crippen LogP contribution in [-0.2, 0) is 4.79 Å². The molecule has 1 aromatic rings. The van der Waals surface area contributed by atoms with Gasteiger partial charge in [0.1, 0.15) is 5.75 Å². The highest BCUT2D eigenvalue weighted by molar-refractivity contribution is 9.10. The second kappa shape index (κ2) is 4.07. The summed E-state index contributed by atoms with van der Waals surface area (Å²) in [5.74, 6) is 0.0456. The molecule has 0 aromatic heterocycles. The molecule has 0 bridgehead atoms. The zero-order valence-electron chi connectivity index (χ0n) is 6.29. The van der Waals surface area contributed by atoms with Crippen molar-refractivity contribution in [1.29, 1.82) is 0 Å². The van der Waals surface area contributed by atoms with Crippen molar-refractivity contribution in [3.8, 4) is 5.75 Å². The van der Waals surface area contributed by atoms with Crippen molar-refractivity contribution in [3.05, 3.63) is 41.4 Å². The second-order valence-electron chi connectivity index (χ2n) is 2.06. The fourth-order valence-electron chi connectivity index (χ4n) is 0.678. The van der Waals surface area contributed by atoms with E-state index in [-0.39, 0.29) is 0 Å². The first kappa shape index (κ1) is 9.00. The Balaban J connectivity index is 2.82. The Hall–Kier alpha value is -1.09. The quantitative estimate of drug-likeness (QED) is 0.441. The monoisotopic (exact) mass is 226 g/mol. The third kappa shape index (κ3) is 2.20. The van der Waals surface area contributed by atoms with Crippen LogP contribution in [0.3, 0.4) is 0 Å². The summed E-state index contributed by atoms with van der Waals surface area (Å²) >= 11 is 3.24. The van der Waals surface area contributed by atoms with Crippen LogP contribution in [0.15, 0.2) is 41.4 Å². The number of halogens is 1. The topological polar surface area (TPSA) is 26.3 Å². The first-order valence-electron chi connectivity index (χ1n) is 3.33. The molecule has 0 aliphatic rings. The third-order valence-corrected chi connectivity index (χ3v) is 1.87. The standard InChI is InChI=1S/C9H7BrO2/c1-2-9(11)12-8-6-4-3-5-7(8)10/h2-6H,1H2. The molecule has 0 fully saturated rings. The van der Waals surface area contributed by atoms with Crippen LogP contribution in [0.4, 0.5) is 0 Å². The van der Waals surface area contributed by atoms with Crippen molar-refractivity contribution in [1.82, 2.24) is 0 Å². The van der Waals surface area contributed by atoms with Gasteiger partial charge in [0, 0.05) is 6.08 Å². The van der Waals surface area contributed by atoms with Crippen LogP contribution in [0.2, 0.25) is 0 Å². The average molecular weight is 227 g/mol. The highest BCUT2D eigenvalue weighted by Crippen LogP contribution is 2.23. The van der Waals surface area contributed by atoms with E-state index < -0.39 is 5.97 Å². The third-order valence-electron chi connectivity index (χ3n) is 1.21. The first-order chi connectivity index (χ1) is 5.74. The minimum atomic E-state index is -0.457. The summed E-state index contributed by atoms with van der Waals surface area (Å²) in [6.45, 7) is 3.30. The molecule has 12 heavy (non-hydrogen) atoms. The van der Waals surface area contributed by atoms with Gasteiger partial charge in [-0.3, -0.25) is 0 Å². The van der Waals surface area contributed by atoms with E-state index in [9.17, 15) is 4.79 Å². The number of hydrogen-bond acceptors (Lipinski definition) is 2. The lowest BCUT2D eigenvalue weighted by Crippen LogP contribution is -2.03. The number of ether oxygens (including phenoxy) is 1. The van der Waals surface area contributed by atoms with Crippen molar-refractivity contribution < 1.29 is 9.53 Å². The largest absolute Gasteiger partial charge is 0.422 e. The number of hydrogen-bond donors (Lipinski definition) is 0. The maximum atomic E-state index is 10.8. The van der Waals surface area contributed by atoms with Crippen LogP contribution in [0, 0.1) is 0 Å². The second-order valence-corrected chi connectivity index (χ2v) is 2.91. The molecule has 2 nitrogen and oxygen atoms in total. The SMILES string of the molecule is C=CC(=O)Oc1ccccc1Br. The van der Waals surface area contributed by atoms with Gasteiger partial charge in [-0.2, -0.15) is 0 Å². The van der Waals surface area contributed by atoms with Crippen LogP contribution in [0.1, 0.15) is 0 Å². The maximum absolute atomic E-state index is 10.8. The minimum Gasteiger partial charge on any atom is -0.422 e. The summed E-state index contributed by atoms with van der Waals surface area (Å²) in [6.07, 6.45) is 1.12. The molecule has 0 unspecified atom stereocenters. The molecule has 1 rings (SSSR count). The van der Waals surface area contributed by atoms with Gasteiger partial charge in [-0.25, -0.2) is 4.79 Å². The van der Waals surface area contributed by atoms with Crippen molar-refractivity contribution in [2.75, 3.05) is 0 Å². The lowest BCUT2D eigenvalue weighted by atomic mass is 10.3. The lowest BCUT2D eigenvalue weighted by molar-refractivity contribution is -0.129. The van der Waals surface area contributed by atoms with Crippen LogP contribution < -0.4 is 4.74 Å². The Morgan fingerprint density at radius 3 is 2.75 bits per heavy atom. The van der Waals surface area contributed by atoms with Gasteiger partial charge in [0.2, 0.25) is 0 Å². The van der Waals surface area contributed by atoms with E-state index >= 15 is 0 Å². The molecule has 0 atom stereocenters. The molecular formula is C9H7BrO2. The highest BCUT2D eigenvalue weighted by atomic mass is 79.9. The molecule has 0 aliphatic heterocycles. The van der Waals surface area contributed by atoms with E-state index in [1.807, 2.05) is 6.07 Å². The summed E-state index contributed by atoms with van der Waals surface area (Å²) in [5, 5.41) is 0. The van der Waals surface area contributed by atoms with Gasteiger partial charge < -0.3 is 4.74 Å². The van der Waals surface area contributed by atoms with E-state index in [1.165, 1.54) is 0 Å². The molecule has 0 aliphatic carbocycles. The molecule has 0 radical (unpaired) electrons. The first-order valence-corrected chi connectivity index (χ1v) is 4.12. The van der Waals surface area contributed by atoms with E-state index in [2.05, 4.69) is 22.5 Å². The smallest absolute Gasteiger partial charge is 0.335 e. The summed E-state index contributed by atoms with van der Waals surface area (Å²) in [4.78, 5) is 10.8. The molecule has 0 amide bonds. The van der Waals surface area contributed by atoms with Crippen LogP contribution >= 0.6 is 15.9 Å². The molecule has 62 valence electrons.